The van der Waals surface area contributed by atoms with Crippen LogP contribution in [0.2, 0.25) is 0 Å². The highest BCUT2D eigenvalue weighted by Crippen LogP contribution is 2.48. The zero-order valence-electron chi connectivity index (χ0n) is 12.2. The number of carbonyl (C=O) groups is 2. The summed E-state index contributed by atoms with van der Waals surface area (Å²) >= 11 is 0. The van der Waals surface area contributed by atoms with Gasteiger partial charge in [-0.1, -0.05) is 24.3 Å². The summed E-state index contributed by atoms with van der Waals surface area (Å²) in [7, 11) is 0. The number of amides is 1. The number of carboxylic acids is 1. The molecule has 0 spiro atoms. The summed E-state index contributed by atoms with van der Waals surface area (Å²) in [5.41, 5.74) is 2.42. The molecule has 0 unspecified atom stereocenters. The van der Waals surface area contributed by atoms with Crippen molar-refractivity contribution in [3.8, 4) is 0 Å². The predicted octanol–water partition coefficient (Wildman–Crippen LogP) is 2.02. The van der Waals surface area contributed by atoms with Gasteiger partial charge in [0, 0.05) is 18.2 Å². The van der Waals surface area contributed by atoms with Crippen molar-refractivity contribution in [1.82, 2.24) is 9.78 Å². The van der Waals surface area contributed by atoms with Crippen LogP contribution in [0.1, 0.15) is 23.5 Å². The molecule has 1 aromatic heterocycles. The second-order valence-electron chi connectivity index (χ2n) is 5.59. The van der Waals surface area contributed by atoms with E-state index in [1.807, 2.05) is 12.1 Å². The highest BCUT2D eigenvalue weighted by Gasteiger charge is 2.44. The normalized spacial score (nSPS) is 19.7. The lowest BCUT2D eigenvalue weighted by molar-refractivity contribution is -0.137. The van der Waals surface area contributed by atoms with E-state index in [0.717, 1.165) is 6.42 Å². The number of aryl methyl sites for hydroxylation is 1. The summed E-state index contributed by atoms with van der Waals surface area (Å²) in [6.07, 6.45) is 2.38. The number of hydrogen-bond acceptors (Lipinski definition) is 3. The van der Waals surface area contributed by atoms with Gasteiger partial charge < -0.3 is 10.4 Å². The van der Waals surface area contributed by atoms with E-state index >= 15 is 0 Å². The van der Waals surface area contributed by atoms with Gasteiger partial charge in [0.15, 0.2) is 5.82 Å². The molecule has 1 aromatic carbocycles. The fourth-order valence-corrected chi connectivity index (χ4v) is 2.71. The Kier molecular flexibility index (Phi) is 3.66. The molecule has 1 fully saturated rings. The monoisotopic (exact) mass is 299 g/mol. The van der Waals surface area contributed by atoms with Crippen LogP contribution in [0.5, 0.6) is 0 Å². The third kappa shape index (κ3) is 3.00. The van der Waals surface area contributed by atoms with E-state index in [0.29, 0.717) is 5.82 Å². The Morgan fingerprint density at radius 3 is 2.86 bits per heavy atom. The second-order valence-corrected chi connectivity index (χ2v) is 5.59. The summed E-state index contributed by atoms with van der Waals surface area (Å²) in [6, 6.07) is 9.70. The third-order valence-corrected chi connectivity index (χ3v) is 3.90. The predicted molar refractivity (Wildman–Crippen MR) is 80.5 cm³/mol. The number of aromatic nitrogens is 2. The van der Waals surface area contributed by atoms with Gasteiger partial charge in [0.2, 0.25) is 5.91 Å². The molecule has 2 N–H and O–H groups in total. The molecule has 0 bridgehead atoms. The fraction of sp³-hybridized carbons (Fsp3) is 0.312. The van der Waals surface area contributed by atoms with Crippen LogP contribution in [0.25, 0.3) is 0 Å². The molecule has 0 saturated heterocycles. The van der Waals surface area contributed by atoms with Crippen LogP contribution < -0.4 is 5.32 Å². The van der Waals surface area contributed by atoms with Crippen molar-refractivity contribution in [2.24, 2.45) is 5.92 Å². The van der Waals surface area contributed by atoms with E-state index < -0.39 is 5.97 Å². The van der Waals surface area contributed by atoms with Gasteiger partial charge in [-0.3, -0.25) is 14.3 Å². The molecule has 6 heteroatoms. The first kappa shape index (κ1) is 14.3. The largest absolute Gasteiger partial charge is 0.480 e. The summed E-state index contributed by atoms with van der Waals surface area (Å²) in [5, 5.41) is 15.5. The van der Waals surface area contributed by atoms with Crippen molar-refractivity contribution in [3.05, 3.63) is 47.7 Å². The van der Waals surface area contributed by atoms with Crippen LogP contribution in [-0.4, -0.2) is 26.8 Å². The first-order valence-corrected chi connectivity index (χ1v) is 7.16. The minimum absolute atomic E-state index is 0.0364. The minimum atomic E-state index is -0.970. The lowest BCUT2D eigenvalue weighted by atomic mass is 10.0. The van der Waals surface area contributed by atoms with Crippen LogP contribution >= 0.6 is 0 Å². The first-order valence-electron chi connectivity index (χ1n) is 7.16. The van der Waals surface area contributed by atoms with Crippen molar-refractivity contribution >= 4 is 17.7 Å². The van der Waals surface area contributed by atoms with E-state index in [1.165, 1.54) is 22.0 Å². The van der Waals surface area contributed by atoms with E-state index in [-0.39, 0.29) is 24.3 Å². The van der Waals surface area contributed by atoms with E-state index in [1.54, 1.807) is 6.07 Å². The number of hydrogen-bond donors (Lipinski definition) is 2. The lowest BCUT2D eigenvalue weighted by Gasteiger charge is -2.05. The van der Waals surface area contributed by atoms with Crippen molar-refractivity contribution in [1.29, 1.82) is 0 Å². The second kappa shape index (κ2) is 5.63. The minimum Gasteiger partial charge on any atom is -0.480 e. The van der Waals surface area contributed by atoms with Gasteiger partial charge >= 0.3 is 5.97 Å². The molecule has 0 aliphatic heterocycles. The molecular weight excluding hydrogens is 282 g/mol. The van der Waals surface area contributed by atoms with E-state index in [2.05, 4.69) is 29.5 Å². The molecule has 2 aromatic rings. The van der Waals surface area contributed by atoms with E-state index in [4.69, 9.17) is 5.11 Å². The number of nitrogens with one attached hydrogen (secondary N) is 1. The SMILES string of the molecule is Cc1ccccc1[C@@H]1C[C@@H]1C(=O)Nc1ccn(CC(=O)O)n1. The van der Waals surface area contributed by atoms with Gasteiger partial charge in [-0.05, 0) is 30.4 Å². The van der Waals surface area contributed by atoms with Crippen LogP contribution in [0, 0.1) is 12.8 Å². The molecule has 0 radical (unpaired) electrons. The molecular formula is C16H17N3O3. The van der Waals surface area contributed by atoms with Gasteiger partial charge in [0.1, 0.15) is 6.54 Å². The molecule has 6 nitrogen and oxygen atoms in total. The van der Waals surface area contributed by atoms with Gasteiger partial charge in [-0.2, -0.15) is 5.10 Å². The Morgan fingerprint density at radius 2 is 2.14 bits per heavy atom. The van der Waals surface area contributed by atoms with Crippen LogP contribution in [-0.2, 0) is 16.1 Å². The maximum Gasteiger partial charge on any atom is 0.325 e. The van der Waals surface area contributed by atoms with Crippen LogP contribution in [0.15, 0.2) is 36.5 Å². The number of aliphatic carboxylic acids is 1. The number of carboxylic acid groups (broad SMARTS) is 1. The third-order valence-electron chi connectivity index (χ3n) is 3.90. The summed E-state index contributed by atoms with van der Waals surface area (Å²) in [4.78, 5) is 22.8. The van der Waals surface area contributed by atoms with Crippen molar-refractivity contribution in [2.45, 2.75) is 25.8 Å². The average Bonchev–Trinajstić information content (AvgIpc) is 3.14. The molecule has 2 atom stereocenters. The summed E-state index contributed by atoms with van der Waals surface area (Å²) in [5.74, 6) is -0.411. The van der Waals surface area contributed by atoms with Crippen molar-refractivity contribution < 1.29 is 14.7 Å². The standard InChI is InChI=1S/C16H17N3O3/c1-10-4-2-3-5-11(10)12-8-13(12)16(22)17-14-6-7-19(18-14)9-15(20)21/h2-7,12-13H,8-9H2,1H3,(H,20,21)(H,17,18,22)/t12-,13-/m0/s1. The smallest absolute Gasteiger partial charge is 0.325 e. The average molecular weight is 299 g/mol. The Labute approximate surface area is 127 Å². The molecule has 3 rings (SSSR count). The lowest BCUT2D eigenvalue weighted by Crippen LogP contribution is -2.16. The highest BCUT2D eigenvalue weighted by molar-refractivity contribution is 5.94. The van der Waals surface area contributed by atoms with Gasteiger partial charge in [-0.25, -0.2) is 0 Å². The van der Waals surface area contributed by atoms with Crippen molar-refractivity contribution in [2.75, 3.05) is 5.32 Å². The molecule has 114 valence electrons. The number of carbonyl (C=O) groups excluding carboxylic acids is 1. The first-order chi connectivity index (χ1) is 10.5. The summed E-state index contributed by atoms with van der Waals surface area (Å²) in [6.45, 7) is 1.83. The Morgan fingerprint density at radius 1 is 1.36 bits per heavy atom. The summed E-state index contributed by atoms with van der Waals surface area (Å²) < 4.78 is 1.28. The van der Waals surface area contributed by atoms with E-state index in [9.17, 15) is 9.59 Å². The van der Waals surface area contributed by atoms with Gasteiger partial charge in [-0.15, -0.1) is 0 Å². The van der Waals surface area contributed by atoms with Crippen LogP contribution in [0.3, 0.4) is 0 Å². The fourth-order valence-electron chi connectivity index (χ4n) is 2.71. The zero-order chi connectivity index (χ0) is 15.7. The number of benzene rings is 1. The maximum atomic E-state index is 12.2. The molecule has 1 saturated carbocycles. The maximum absolute atomic E-state index is 12.2. The highest BCUT2D eigenvalue weighted by atomic mass is 16.4. The molecule has 1 amide bonds. The molecule has 1 heterocycles. The number of anilines is 1. The van der Waals surface area contributed by atoms with Gasteiger partial charge in [0.25, 0.3) is 0 Å². The van der Waals surface area contributed by atoms with Gasteiger partial charge in [0.05, 0.1) is 0 Å². The number of nitrogens with zero attached hydrogens (tertiary/aromatic N) is 2. The zero-order valence-corrected chi connectivity index (χ0v) is 12.2. The molecule has 1 aliphatic carbocycles. The topological polar surface area (TPSA) is 84.2 Å². The van der Waals surface area contributed by atoms with Crippen molar-refractivity contribution in [3.63, 3.8) is 0 Å². The van der Waals surface area contributed by atoms with Crippen LogP contribution in [0.4, 0.5) is 5.82 Å². The Hall–Kier alpha value is -2.63. The quantitative estimate of drug-likeness (QED) is 0.884. The Bertz CT molecular complexity index is 723. The molecule has 22 heavy (non-hydrogen) atoms. The Balaban J connectivity index is 1.61. The number of rotatable bonds is 5. The molecule has 1 aliphatic rings.